The molecule has 0 aliphatic carbocycles. The molecule has 7 heteroatoms. The first-order valence-electron chi connectivity index (χ1n) is 5.54. The fraction of sp³-hybridized carbons (Fsp3) is 0.167. The first-order valence-corrected chi connectivity index (χ1v) is 7.66. The van der Waals surface area contributed by atoms with Gasteiger partial charge >= 0.3 is 0 Å². The molecule has 0 bridgehead atoms. The van der Waals surface area contributed by atoms with Gasteiger partial charge in [0.2, 0.25) is 5.28 Å². The molecule has 3 rings (SSSR count). The molecule has 3 nitrogen and oxygen atoms in total. The van der Waals surface area contributed by atoms with Crippen molar-refractivity contribution in [2.45, 2.75) is 11.3 Å². The first kappa shape index (κ1) is 13.3. The monoisotopic (exact) mass is 331 g/mol. The summed E-state index contributed by atoms with van der Waals surface area (Å²) in [5.74, 6) is 1.70. The van der Waals surface area contributed by atoms with Gasteiger partial charge in [0.05, 0.1) is 10.6 Å². The van der Waals surface area contributed by atoms with Gasteiger partial charge in [-0.15, -0.1) is 11.8 Å². The summed E-state index contributed by atoms with van der Waals surface area (Å²) in [6, 6.07) is 5.26. The van der Waals surface area contributed by atoms with E-state index < -0.39 is 0 Å². The Balaban J connectivity index is 1.99. The first-order chi connectivity index (χ1) is 9.11. The van der Waals surface area contributed by atoms with Crippen LogP contribution in [-0.4, -0.2) is 15.7 Å². The molecule has 1 N–H and O–H groups in total. The zero-order valence-electron chi connectivity index (χ0n) is 9.58. The van der Waals surface area contributed by atoms with Crippen LogP contribution in [0.1, 0.15) is 5.69 Å². The second kappa shape index (κ2) is 5.37. The summed E-state index contributed by atoms with van der Waals surface area (Å²) in [7, 11) is 0. The summed E-state index contributed by atoms with van der Waals surface area (Å²) in [4.78, 5) is 9.51. The van der Waals surface area contributed by atoms with Crippen LogP contribution in [0.15, 0.2) is 23.1 Å². The van der Waals surface area contributed by atoms with Crippen molar-refractivity contribution in [3.05, 3.63) is 39.2 Å². The summed E-state index contributed by atoms with van der Waals surface area (Å²) in [6.07, 6.45) is 0.910. The predicted octanol–water partition coefficient (Wildman–Crippen LogP) is 4.83. The molecule has 1 aromatic carbocycles. The summed E-state index contributed by atoms with van der Waals surface area (Å²) < 4.78 is 0. The van der Waals surface area contributed by atoms with E-state index in [4.69, 9.17) is 34.8 Å². The van der Waals surface area contributed by atoms with E-state index in [9.17, 15) is 0 Å². The Morgan fingerprint density at radius 3 is 2.53 bits per heavy atom. The van der Waals surface area contributed by atoms with Crippen LogP contribution >= 0.6 is 46.6 Å². The van der Waals surface area contributed by atoms with Crippen LogP contribution in [0.25, 0.3) is 0 Å². The zero-order valence-corrected chi connectivity index (χ0v) is 12.7. The molecule has 19 heavy (non-hydrogen) atoms. The highest BCUT2D eigenvalue weighted by atomic mass is 35.5. The summed E-state index contributed by atoms with van der Waals surface area (Å²) in [5, 5.41) is 4.59. The number of nitrogens with one attached hydrogen (secondary N) is 1. The molecule has 0 saturated heterocycles. The van der Waals surface area contributed by atoms with Crippen LogP contribution in [0, 0.1) is 0 Å². The largest absolute Gasteiger partial charge is 0.339 e. The number of rotatable bonds is 2. The molecule has 0 fully saturated rings. The lowest BCUT2D eigenvalue weighted by molar-refractivity contribution is 0.980. The molecular formula is C12H8Cl3N3S. The SMILES string of the molecule is Clc1cc(Cl)cc(Nc2nc(Cl)nc3c2SCC3)c1. The third-order valence-electron chi connectivity index (χ3n) is 2.62. The zero-order chi connectivity index (χ0) is 13.4. The molecular weight excluding hydrogens is 325 g/mol. The minimum absolute atomic E-state index is 0.247. The second-order valence-corrected chi connectivity index (χ2v) is 6.31. The molecule has 1 aliphatic rings. The van der Waals surface area contributed by atoms with Crippen LogP contribution in [-0.2, 0) is 6.42 Å². The van der Waals surface area contributed by atoms with Gasteiger partial charge in [-0.3, -0.25) is 0 Å². The molecule has 98 valence electrons. The van der Waals surface area contributed by atoms with E-state index in [1.807, 2.05) is 0 Å². The quantitative estimate of drug-likeness (QED) is 0.799. The van der Waals surface area contributed by atoms with Gasteiger partial charge in [-0.1, -0.05) is 23.2 Å². The molecule has 1 aromatic heterocycles. The van der Waals surface area contributed by atoms with E-state index in [0.717, 1.165) is 28.5 Å². The van der Waals surface area contributed by atoms with Crippen molar-refractivity contribution in [2.75, 3.05) is 11.1 Å². The van der Waals surface area contributed by atoms with Crippen molar-refractivity contribution < 1.29 is 0 Å². The van der Waals surface area contributed by atoms with E-state index in [-0.39, 0.29) is 5.28 Å². The van der Waals surface area contributed by atoms with Gasteiger partial charge in [0.1, 0.15) is 5.82 Å². The molecule has 0 atom stereocenters. The molecule has 2 aromatic rings. The highest BCUT2D eigenvalue weighted by molar-refractivity contribution is 7.99. The molecule has 0 saturated carbocycles. The van der Waals surface area contributed by atoms with E-state index in [0.29, 0.717) is 15.9 Å². The third-order valence-corrected chi connectivity index (χ3v) is 4.35. The van der Waals surface area contributed by atoms with Gasteiger partial charge in [-0.2, -0.15) is 4.98 Å². The van der Waals surface area contributed by atoms with Gasteiger partial charge in [0, 0.05) is 27.9 Å². The Hall–Kier alpha value is -0.680. The number of hydrogen-bond acceptors (Lipinski definition) is 4. The second-order valence-electron chi connectivity index (χ2n) is 4.00. The number of benzene rings is 1. The molecule has 0 unspecified atom stereocenters. The topological polar surface area (TPSA) is 37.8 Å². The number of aromatic nitrogens is 2. The van der Waals surface area contributed by atoms with Gasteiger partial charge in [-0.25, -0.2) is 4.98 Å². The van der Waals surface area contributed by atoms with Gasteiger partial charge in [-0.05, 0) is 29.8 Å². The van der Waals surface area contributed by atoms with Crippen LogP contribution in [0.4, 0.5) is 11.5 Å². The van der Waals surface area contributed by atoms with E-state index >= 15 is 0 Å². The minimum atomic E-state index is 0.247. The lowest BCUT2D eigenvalue weighted by Gasteiger charge is -2.10. The number of hydrogen-bond donors (Lipinski definition) is 1. The predicted molar refractivity (Wildman–Crippen MR) is 81.2 cm³/mol. The normalized spacial score (nSPS) is 13.4. The lowest BCUT2D eigenvalue weighted by Crippen LogP contribution is -2.00. The number of halogens is 3. The van der Waals surface area contributed by atoms with Gasteiger partial charge < -0.3 is 5.32 Å². The van der Waals surface area contributed by atoms with E-state index in [1.54, 1.807) is 30.0 Å². The summed E-state index contributed by atoms with van der Waals surface area (Å²) >= 11 is 19.6. The van der Waals surface area contributed by atoms with E-state index in [1.165, 1.54) is 0 Å². The number of nitrogens with zero attached hydrogens (tertiary/aromatic N) is 2. The smallest absolute Gasteiger partial charge is 0.224 e. The standard InChI is InChI=1S/C12H8Cl3N3S/c13-6-3-7(14)5-8(4-6)16-11-10-9(1-2-19-10)17-12(15)18-11/h3-5H,1-2H2,(H,16,17,18). The maximum Gasteiger partial charge on any atom is 0.224 e. The minimum Gasteiger partial charge on any atom is -0.339 e. The Kier molecular flexibility index (Phi) is 3.76. The number of fused-ring (bicyclic) bond motifs is 1. The van der Waals surface area contributed by atoms with Crippen molar-refractivity contribution in [3.63, 3.8) is 0 Å². The molecule has 1 aliphatic heterocycles. The van der Waals surface area contributed by atoms with Gasteiger partial charge in [0.25, 0.3) is 0 Å². The van der Waals surface area contributed by atoms with Crippen molar-refractivity contribution in [3.8, 4) is 0 Å². The molecule has 0 spiro atoms. The average Bonchev–Trinajstić information content (AvgIpc) is 2.75. The van der Waals surface area contributed by atoms with Crippen molar-refractivity contribution in [1.29, 1.82) is 0 Å². The average molecular weight is 333 g/mol. The summed E-state index contributed by atoms with van der Waals surface area (Å²) in [6.45, 7) is 0. The molecule has 2 heterocycles. The fourth-order valence-electron chi connectivity index (χ4n) is 1.89. The highest BCUT2D eigenvalue weighted by Gasteiger charge is 2.19. The van der Waals surface area contributed by atoms with Crippen LogP contribution in [0.5, 0.6) is 0 Å². The Labute approximate surface area is 129 Å². The van der Waals surface area contributed by atoms with Crippen molar-refractivity contribution >= 4 is 58.1 Å². The van der Waals surface area contributed by atoms with Gasteiger partial charge in [0.15, 0.2) is 0 Å². The Bertz CT molecular complexity index is 628. The number of aryl methyl sites for hydroxylation is 1. The number of thioether (sulfide) groups is 1. The summed E-state index contributed by atoms with van der Waals surface area (Å²) in [5.41, 5.74) is 1.77. The highest BCUT2D eigenvalue weighted by Crippen LogP contribution is 2.37. The maximum atomic E-state index is 5.98. The van der Waals surface area contributed by atoms with Crippen LogP contribution in [0.2, 0.25) is 15.3 Å². The lowest BCUT2D eigenvalue weighted by atomic mass is 10.3. The van der Waals surface area contributed by atoms with Crippen LogP contribution in [0.3, 0.4) is 0 Å². The number of anilines is 2. The fourth-order valence-corrected chi connectivity index (χ4v) is 3.64. The van der Waals surface area contributed by atoms with Crippen molar-refractivity contribution in [1.82, 2.24) is 9.97 Å². The Morgan fingerprint density at radius 1 is 1.05 bits per heavy atom. The Morgan fingerprint density at radius 2 is 1.79 bits per heavy atom. The molecule has 0 amide bonds. The van der Waals surface area contributed by atoms with Crippen molar-refractivity contribution in [2.24, 2.45) is 0 Å². The van der Waals surface area contributed by atoms with Crippen LogP contribution < -0.4 is 5.32 Å². The third kappa shape index (κ3) is 2.92. The molecule has 0 radical (unpaired) electrons. The maximum absolute atomic E-state index is 5.98. The van der Waals surface area contributed by atoms with E-state index in [2.05, 4.69) is 15.3 Å².